The van der Waals surface area contributed by atoms with Crippen molar-refractivity contribution in [3.8, 4) is 5.75 Å². The second kappa shape index (κ2) is 11.8. The molecule has 1 spiro atoms. The quantitative estimate of drug-likeness (QED) is 0.189. The van der Waals surface area contributed by atoms with Crippen LogP contribution in [0.25, 0.3) is 16.6 Å². The maximum Gasteiger partial charge on any atom is 0.267 e. The number of nitrogens with zero attached hydrogens (tertiary/aromatic N) is 6. The van der Waals surface area contributed by atoms with E-state index in [2.05, 4.69) is 44.5 Å². The molecule has 1 unspecified atom stereocenters. The van der Waals surface area contributed by atoms with E-state index in [9.17, 15) is 14.7 Å². The van der Waals surface area contributed by atoms with Crippen LogP contribution in [0.4, 0.5) is 17.6 Å². The molecule has 12 nitrogen and oxygen atoms in total. The number of amides is 1. The summed E-state index contributed by atoms with van der Waals surface area (Å²) in [5.41, 5.74) is 16.1. The minimum atomic E-state index is -0.840. The van der Waals surface area contributed by atoms with Gasteiger partial charge in [-0.15, -0.1) is 0 Å². The summed E-state index contributed by atoms with van der Waals surface area (Å²) in [7, 11) is 1.54. The summed E-state index contributed by atoms with van der Waals surface area (Å²) in [4.78, 5) is 43.5. The van der Waals surface area contributed by atoms with Crippen molar-refractivity contribution in [3.05, 3.63) is 105 Å². The van der Waals surface area contributed by atoms with Crippen LogP contribution in [-0.2, 0) is 13.5 Å². The first-order valence-corrected chi connectivity index (χ1v) is 17.0. The van der Waals surface area contributed by atoms with E-state index >= 15 is 0 Å². The van der Waals surface area contributed by atoms with Crippen LogP contribution < -0.4 is 27.2 Å². The summed E-state index contributed by atoms with van der Waals surface area (Å²) in [6.07, 6.45) is 7.90. The number of nitrogens with one attached hydrogen (secondary N) is 1. The van der Waals surface area contributed by atoms with Crippen LogP contribution in [-0.4, -0.2) is 48.0 Å². The number of anilines is 3. The van der Waals surface area contributed by atoms with Crippen LogP contribution in [0.2, 0.25) is 5.02 Å². The number of carbonyl (C=O) groups excluding carboxylic acids is 1. The number of carbonyl (C=O) groups is 1. The number of hydrogen-bond donors (Lipinski definition) is 4. The third kappa shape index (κ3) is 4.99. The number of aromatic hydroxyl groups is 1. The number of pyridine rings is 2. The van der Waals surface area contributed by atoms with Crippen molar-refractivity contribution < 1.29 is 9.90 Å². The predicted molar refractivity (Wildman–Crippen MR) is 191 cm³/mol. The summed E-state index contributed by atoms with van der Waals surface area (Å²) >= 11 is 8.02. The number of hydrogen-bond acceptors (Lipinski definition) is 10. The van der Waals surface area contributed by atoms with Crippen molar-refractivity contribution in [1.82, 2.24) is 23.9 Å². The van der Waals surface area contributed by atoms with Gasteiger partial charge < -0.3 is 31.4 Å². The summed E-state index contributed by atoms with van der Waals surface area (Å²) in [5.74, 6) is -0.250. The minimum absolute atomic E-state index is 0.0133. The van der Waals surface area contributed by atoms with Crippen molar-refractivity contribution in [2.45, 2.75) is 35.1 Å². The average molecular weight is 694 g/mol. The van der Waals surface area contributed by atoms with Crippen molar-refractivity contribution in [3.63, 3.8) is 0 Å². The predicted octanol–water partition coefficient (Wildman–Crippen LogP) is 5.16. The molecule has 0 saturated carbocycles. The van der Waals surface area contributed by atoms with Gasteiger partial charge in [0.1, 0.15) is 17.1 Å². The first kappa shape index (κ1) is 31.2. The van der Waals surface area contributed by atoms with Gasteiger partial charge in [-0.2, -0.15) is 4.98 Å². The van der Waals surface area contributed by atoms with Crippen LogP contribution in [0.15, 0.2) is 87.8 Å². The first-order valence-electron chi connectivity index (χ1n) is 15.8. The molecule has 14 heteroatoms. The number of aromatic nitrogens is 5. The van der Waals surface area contributed by atoms with Gasteiger partial charge in [-0.1, -0.05) is 59.8 Å². The lowest BCUT2D eigenvalue weighted by atomic mass is 9.73. The highest BCUT2D eigenvalue weighted by atomic mass is 35.5. The van der Waals surface area contributed by atoms with Gasteiger partial charge >= 0.3 is 0 Å². The molecular formula is C35H32ClN9O3S. The lowest BCUT2D eigenvalue weighted by molar-refractivity contribution is 0.102. The van der Waals surface area contributed by atoms with Gasteiger partial charge in [-0.25, -0.2) is 9.97 Å². The normalized spacial score (nSPS) is 16.8. The minimum Gasteiger partial charge on any atom is -0.506 e. The van der Waals surface area contributed by atoms with E-state index in [-0.39, 0.29) is 28.1 Å². The zero-order valence-corrected chi connectivity index (χ0v) is 28.0. The zero-order valence-electron chi connectivity index (χ0n) is 26.4. The Morgan fingerprint density at radius 2 is 1.84 bits per heavy atom. The Hall–Kier alpha value is -5.11. The Morgan fingerprint density at radius 3 is 2.63 bits per heavy atom. The highest BCUT2D eigenvalue weighted by Gasteiger charge is 2.46. The molecule has 1 atom stereocenters. The number of halogens is 1. The van der Waals surface area contributed by atoms with Crippen molar-refractivity contribution >= 4 is 63.4 Å². The lowest BCUT2D eigenvalue weighted by Crippen LogP contribution is -2.45. The molecule has 1 amide bonds. The molecule has 1 aliphatic heterocycles. The van der Waals surface area contributed by atoms with E-state index in [1.807, 2.05) is 10.6 Å². The van der Waals surface area contributed by atoms with Gasteiger partial charge in [0.15, 0.2) is 11.5 Å². The zero-order chi connectivity index (χ0) is 34.0. The highest BCUT2D eigenvalue weighted by Crippen LogP contribution is 2.51. The molecule has 248 valence electrons. The molecule has 5 heterocycles. The van der Waals surface area contributed by atoms with Gasteiger partial charge in [0.05, 0.1) is 15.4 Å². The second-order valence-corrected chi connectivity index (χ2v) is 14.0. The molecule has 1 saturated heterocycles. The summed E-state index contributed by atoms with van der Waals surface area (Å²) in [6, 6.07) is 17.0. The number of imidazole rings is 1. The number of piperidine rings is 1. The summed E-state index contributed by atoms with van der Waals surface area (Å²) < 4.78 is 3.24. The van der Waals surface area contributed by atoms with Gasteiger partial charge in [-0.3, -0.25) is 14.0 Å². The smallest absolute Gasteiger partial charge is 0.267 e. The standard InChI is InChI=1S/C35H32ClN9O3S/c1-43-22-9-5-4-8-21(22)26(46)24(33(43)48)32(47)42-30-25(36)23(10-13-39-30)49-27-29(38)41-34(45-17-14-40-31(27)45)44-15-11-35(12-16-44)18-19-6-2-3-7-20(19)28(35)37/h2-10,13-14,17,28,46H,11-12,15-16,18,37-38H2,1H3,(H,39,42,47). The Bertz CT molecular complexity index is 2370. The molecule has 1 aliphatic carbocycles. The topological polar surface area (TPSA) is 170 Å². The third-order valence-electron chi connectivity index (χ3n) is 9.95. The molecule has 2 aromatic carbocycles. The van der Waals surface area contributed by atoms with E-state index in [1.165, 1.54) is 40.7 Å². The number of rotatable bonds is 5. The maximum absolute atomic E-state index is 13.4. The van der Waals surface area contributed by atoms with Gasteiger partial charge in [0.25, 0.3) is 11.5 Å². The van der Waals surface area contributed by atoms with Gasteiger partial charge in [0, 0.05) is 55.1 Å². The number of benzene rings is 2. The van der Waals surface area contributed by atoms with E-state index in [4.69, 9.17) is 28.1 Å². The average Bonchev–Trinajstić information content (AvgIpc) is 3.70. The summed E-state index contributed by atoms with van der Waals surface area (Å²) in [5, 5.41) is 14.0. The molecule has 4 aromatic heterocycles. The van der Waals surface area contributed by atoms with Crippen LogP contribution in [0.3, 0.4) is 0 Å². The molecule has 6 N–H and O–H groups in total. The largest absolute Gasteiger partial charge is 0.506 e. The molecule has 1 fully saturated rings. The Labute approximate surface area is 289 Å². The van der Waals surface area contributed by atoms with Gasteiger partial charge in [0.2, 0.25) is 5.95 Å². The van der Waals surface area contributed by atoms with Crippen LogP contribution in [0, 0.1) is 5.41 Å². The SMILES string of the molecule is Cn1c(=O)c(C(=O)Nc2nccc(Sc3c(N)nc(N4CCC5(CC4)Cc4ccccc4C5N)n4ccnc34)c2Cl)c(O)c2ccccc21. The Kier molecular flexibility index (Phi) is 7.50. The fourth-order valence-corrected chi connectivity index (χ4v) is 8.50. The van der Waals surface area contributed by atoms with Gasteiger partial charge in [-0.05, 0) is 54.0 Å². The molecule has 6 aromatic rings. The summed E-state index contributed by atoms with van der Waals surface area (Å²) in [6.45, 7) is 1.56. The number of nitrogen functional groups attached to an aromatic ring is 1. The van der Waals surface area contributed by atoms with Crippen molar-refractivity contribution in [2.75, 3.05) is 29.0 Å². The highest BCUT2D eigenvalue weighted by molar-refractivity contribution is 7.99. The Morgan fingerprint density at radius 1 is 1.08 bits per heavy atom. The lowest BCUT2D eigenvalue weighted by Gasteiger charge is -2.42. The van der Waals surface area contributed by atoms with Crippen molar-refractivity contribution in [2.24, 2.45) is 18.2 Å². The van der Waals surface area contributed by atoms with E-state index in [0.29, 0.717) is 32.3 Å². The molecule has 0 bridgehead atoms. The van der Waals surface area contributed by atoms with Crippen LogP contribution in [0.5, 0.6) is 5.75 Å². The number of fused-ring (bicyclic) bond motifs is 3. The first-order chi connectivity index (χ1) is 23.7. The molecule has 49 heavy (non-hydrogen) atoms. The maximum atomic E-state index is 13.4. The fourth-order valence-electron chi connectivity index (χ4n) is 7.29. The van der Waals surface area contributed by atoms with Crippen molar-refractivity contribution in [1.29, 1.82) is 0 Å². The van der Waals surface area contributed by atoms with Crippen LogP contribution >= 0.6 is 23.4 Å². The number of para-hydroxylation sites is 1. The van der Waals surface area contributed by atoms with E-state index in [1.54, 1.807) is 36.5 Å². The van der Waals surface area contributed by atoms with Crippen LogP contribution in [0.1, 0.15) is 40.4 Å². The fraction of sp³-hybridized carbons (Fsp3) is 0.229. The second-order valence-electron chi connectivity index (χ2n) is 12.6. The molecular weight excluding hydrogens is 662 g/mol. The molecule has 8 rings (SSSR count). The molecule has 2 aliphatic rings. The number of aryl methyl sites for hydroxylation is 1. The van der Waals surface area contributed by atoms with E-state index < -0.39 is 22.8 Å². The Balaban J connectivity index is 1.05. The monoisotopic (exact) mass is 693 g/mol. The third-order valence-corrected chi connectivity index (χ3v) is 11.6. The van der Waals surface area contributed by atoms with E-state index in [0.717, 1.165) is 32.4 Å². The number of nitrogens with two attached hydrogens (primary N) is 2. The molecule has 0 radical (unpaired) electrons.